The number of pyridine rings is 1. The van der Waals surface area contributed by atoms with Crippen molar-refractivity contribution in [2.24, 2.45) is 0 Å². The van der Waals surface area contributed by atoms with Crippen LogP contribution in [0.1, 0.15) is 31.9 Å². The van der Waals surface area contributed by atoms with E-state index in [1.165, 1.54) is 0 Å². The highest BCUT2D eigenvalue weighted by Crippen LogP contribution is 2.25. The van der Waals surface area contributed by atoms with Gasteiger partial charge in [0.2, 0.25) is 0 Å². The summed E-state index contributed by atoms with van der Waals surface area (Å²) in [6.45, 7) is 3.01. The molecule has 0 spiro atoms. The molecular formula is C14H17N3O2. The molecule has 5 nitrogen and oxygen atoms in total. The summed E-state index contributed by atoms with van der Waals surface area (Å²) < 4.78 is 5.13. The van der Waals surface area contributed by atoms with Crippen molar-refractivity contribution < 1.29 is 9.53 Å². The number of piperidine rings is 1. The molecule has 1 aromatic heterocycles. The molecule has 1 unspecified atom stereocenters. The molecule has 5 heteroatoms. The van der Waals surface area contributed by atoms with E-state index >= 15 is 0 Å². The molecule has 0 aliphatic carbocycles. The number of carbonyl (C=O) groups excluding carboxylic acids is 1. The molecule has 1 fully saturated rings. The van der Waals surface area contributed by atoms with Crippen LogP contribution in [0.15, 0.2) is 18.3 Å². The lowest BCUT2D eigenvalue weighted by molar-refractivity contribution is -0.145. The average molecular weight is 259 g/mol. The summed E-state index contributed by atoms with van der Waals surface area (Å²) in [7, 11) is 0. The minimum absolute atomic E-state index is 0.183. The van der Waals surface area contributed by atoms with Gasteiger partial charge in [-0.25, -0.2) is 9.78 Å². The molecule has 1 aliphatic rings. The van der Waals surface area contributed by atoms with Gasteiger partial charge in [-0.2, -0.15) is 5.26 Å². The van der Waals surface area contributed by atoms with Crippen LogP contribution in [0, 0.1) is 11.3 Å². The fourth-order valence-corrected chi connectivity index (χ4v) is 2.38. The van der Waals surface area contributed by atoms with Crippen LogP contribution < -0.4 is 4.90 Å². The lowest BCUT2D eigenvalue weighted by Gasteiger charge is -2.35. The summed E-state index contributed by atoms with van der Waals surface area (Å²) in [4.78, 5) is 18.0. The number of nitriles is 1. The second-order valence-corrected chi connectivity index (χ2v) is 4.47. The molecule has 0 N–H and O–H groups in total. The number of carbonyl (C=O) groups is 1. The van der Waals surface area contributed by atoms with Crippen molar-refractivity contribution in [2.75, 3.05) is 18.1 Å². The van der Waals surface area contributed by atoms with Crippen LogP contribution in [0.4, 0.5) is 5.69 Å². The zero-order valence-electron chi connectivity index (χ0n) is 11.0. The van der Waals surface area contributed by atoms with Crippen molar-refractivity contribution in [1.82, 2.24) is 4.98 Å². The number of anilines is 1. The van der Waals surface area contributed by atoms with E-state index in [2.05, 4.69) is 4.98 Å². The summed E-state index contributed by atoms with van der Waals surface area (Å²) in [5.74, 6) is -0.183. The van der Waals surface area contributed by atoms with Gasteiger partial charge in [-0.1, -0.05) is 0 Å². The molecule has 19 heavy (non-hydrogen) atoms. The molecule has 2 rings (SSSR count). The Morgan fingerprint density at radius 1 is 1.63 bits per heavy atom. The summed E-state index contributed by atoms with van der Waals surface area (Å²) in [6, 6.07) is 5.33. The van der Waals surface area contributed by atoms with Gasteiger partial charge in [0.05, 0.1) is 6.61 Å². The molecule has 0 bridgehead atoms. The highest BCUT2D eigenvalue weighted by Gasteiger charge is 2.30. The fourth-order valence-electron chi connectivity index (χ4n) is 2.38. The number of ether oxygens (including phenoxy) is 1. The van der Waals surface area contributed by atoms with Crippen LogP contribution >= 0.6 is 0 Å². The van der Waals surface area contributed by atoms with Gasteiger partial charge < -0.3 is 9.64 Å². The smallest absolute Gasteiger partial charge is 0.328 e. The molecule has 100 valence electrons. The van der Waals surface area contributed by atoms with E-state index in [0.717, 1.165) is 31.5 Å². The van der Waals surface area contributed by atoms with Crippen LogP contribution in [-0.2, 0) is 9.53 Å². The first-order chi connectivity index (χ1) is 9.26. The zero-order chi connectivity index (χ0) is 13.7. The zero-order valence-corrected chi connectivity index (χ0v) is 11.0. The Morgan fingerprint density at radius 3 is 3.21 bits per heavy atom. The van der Waals surface area contributed by atoms with Crippen molar-refractivity contribution in [2.45, 2.75) is 32.2 Å². The first kappa shape index (κ1) is 13.3. The number of rotatable bonds is 3. The van der Waals surface area contributed by atoms with Crippen LogP contribution in [0.25, 0.3) is 0 Å². The van der Waals surface area contributed by atoms with Crippen molar-refractivity contribution in [3.05, 3.63) is 24.0 Å². The molecule has 0 radical (unpaired) electrons. The standard InChI is InChI=1S/C14H17N3O2/c1-2-19-14(18)13-5-3-4-8-17(13)12-6-7-16-11(9-12)10-15/h6-7,9,13H,2-5,8H2,1H3. The molecule has 1 saturated heterocycles. The Morgan fingerprint density at radius 2 is 2.47 bits per heavy atom. The predicted molar refractivity (Wildman–Crippen MR) is 70.6 cm³/mol. The van der Waals surface area contributed by atoms with Gasteiger partial charge >= 0.3 is 5.97 Å². The van der Waals surface area contributed by atoms with Gasteiger partial charge in [-0.05, 0) is 38.3 Å². The molecular weight excluding hydrogens is 242 g/mol. The number of esters is 1. The fraction of sp³-hybridized carbons (Fsp3) is 0.500. The third kappa shape index (κ3) is 3.02. The van der Waals surface area contributed by atoms with E-state index in [9.17, 15) is 4.79 Å². The largest absolute Gasteiger partial charge is 0.464 e. The normalized spacial score (nSPS) is 18.7. The third-order valence-corrected chi connectivity index (χ3v) is 3.25. The van der Waals surface area contributed by atoms with Gasteiger partial charge in [-0.15, -0.1) is 0 Å². The van der Waals surface area contributed by atoms with Gasteiger partial charge in [0, 0.05) is 18.4 Å². The van der Waals surface area contributed by atoms with Crippen LogP contribution in [0.5, 0.6) is 0 Å². The van der Waals surface area contributed by atoms with E-state index in [4.69, 9.17) is 10.00 Å². The molecule has 1 atom stereocenters. The molecule has 0 saturated carbocycles. The quantitative estimate of drug-likeness (QED) is 0.775. The SMILES string of the molecule is CCOC(=O)C1CCCCN1c1ccnc(C#N)c1. The maximum Gasteiger partial charge on any atom is 0.328 e. The summed E-state index contributed by atoms with van der Waals surface area (Å²) >= 11 is 0. The number of nitrogens with zero attached hydrogens (tertiary/aromatic N) is 3. The van der Waals surface area contributed by atoms with Crippen molar-refractivity contribution in [1.29, 1.82) is 5.26 Å². The Balaban J connectivity index is 2.23. The van der Waals surface area contributed by atoms with Crippen LogP contribution in [0.2, 0.25) is 0 Å². The Labute approximate surface area is 112 Å². The second-order valence-electron chi connectivity index (χ2n) is 4.47. The van der Waals surface area contributed by atoms with E-state index in [1.807, 2.05) is 24.0 Å². The molecule has 2 heterocycles. The van der Waals surface area contributed by atoms with Gasteiger partial charge in [0.1, 0.15) is 17.8 Å². The number of hydrogen-bond donors (Lipinski definition) is 0. The number of aromatic nitrogens is 1. The Bertz CT molecular complexity index is 496. The van der Waals surface area contributed by atoms with Crippen molar-refractivity contribution >= 4 is 11.7 Å². The van der Waals surface area contributed by atoms with Crippen molar-refractivity contribution in [3.8, 4) is 6.07 Å². The van der Waals surface area contributed by atoms with E-state index < -0.39 is 0 Å². The lowest BCUT2D eigenvalue weighted by Crippen LogP contribution is -2.45. The first-order valence-corrected chi connectivity index (χ1v) is 6.55. The Hall–Kier alpha value is -2.09. The first-order valence-electron chi connectivity index (χ1n) is 6.55. The predicted octanol–water partition coefficient (Wildman–Crippen LogP) is 1.88. The van der Waals surface area contributed by atoms with E-state index in [0.29, 0.717) is 12.3 Å². The van der Waals surface area contributed by atoms with E-state index in [-0.39, 0.29) is 12.0 Å². The molecule has 0 amide bonds. The minimum Gasteiger partial charge on any atom is -0.464 e. The highest BCUT2D eigenvalue weighted by molar-refractivity contribution is 5.80. The third-order valence-electron chi connectivity index (χ3n) is 3.25. The summed E-state index contributed by atoms with van der Waals surface area (Å²) in [5, 5.41) is 8.90. The summed E-state index contributed by atoms with van der Waals surface area (Å²) in [5.41, 5.74) is 1.23. The molecule has 0 aromatic carbocycles. The van der Waals surface area contributed by atoms with Gasteiger partial charge in [0.15, 0.2) is 0 Å². The summed E-state index contributed by atoms with van der Waals surface area (Å²) in [6.07, 6.45) is 4.46. The monoisotopic (exact) mass is 259 g/mol. The van der Waals surface area contributed by atoms with Crippen LogP contribution in [-0.4, -0.2) is 30.1 Å². The molecule has 1 aromatic rings. The maximum atomic E-state index is 12.0. The van der Waals surface area contributed by atoms with E-state index in [1.54, 1.807) is 12.3 Å². The lowest BCUT2D eigenvalue weighted by atomic mass is 10.0. The number of hydrogen-bond acceptors (Lipinski definition) is 5. The maximum absolute atomic E-state index is 12.0. The Kier molecular flexibility index (Phi) is 4.35. The van der Waals surface area contributed by atoms with Crippen molar-refractivity contribution in [3.63, 3.8) is 0 Å². The topological polar surface area (TPSA) is 66.2 Å². The minimum atomic E-state index is -0.248. The highest BCUT2D eigenvalue weighted by atomic mass is 16.5. The average Bonchev–Trinajstić information content (AvgIpc) is 2.47. The second kappa shape index (κ2) is 6.19. The van der Waals surface area contributed by atoms with Gasteiger partial charge in [-0.3, -0.25) is 0 Å². The molecule has 1 aliphatic heterocycles. The van der Waals surface area contributed by atoms with Crippen LogP contribution in [0.3, 0.4) is 0 Å². The van der Waals surface area contributed by atoms with Gasteiger partial charge in [0.25, 0.3) is 0 Å².